The molecular formula is C15H15BrFNS. The Hall–Kier alpha value is -0.840. The van der Waals surface area contributed by atoms with Gasteiger partial charge < -0.3 is 5.73 Å². The predicted molar refractivity (Wildman–Crippen MR) is 82.0 cm³/mol. The predicted octanol–water partition coefficient (Wildman–Crippen LogP) is 5.07. The lowest BCUT2D eigenvalue weighted by Gasteiger charge is -2.14. The molecule has 2 aromatic rings. The van der Waals surface area contributed by atoms with E-state index in [4.69, 9.17) is 5.73 Å². The second kappa shape index (κ2) is 6.07. The fourth-order valence-corrected chi connectivity index (χ4v) is 3.51. The first kappa shape index (κ1) is 14.6. The van der Waals surface area contributed by atoms with Gasteiger partial charge in [0, 0.05) is 20.3 Å². The molecule has 2 N–H and O–H groups in total. The number of benzene rings is 2. The van der Waals surface area contributed by atoms with Crippen LogP contribution in [0, 0.1) is 12.7 Å². The zero-order valence-electron chi connectivity index (χ0n) is 10.8. The third-order valence-electron chi connectivity index (χ3n) is 2.81. The molecule has 0 radical (unpaired) electrons. The zero-order valence-corrected chi connectivity index (χ0v) is 13.2. The molecular weight excluding hydrogens is 325 g/mol. The topological polar surface area (TPSA) is 26.0 Å². The van der Waals surface area contributed by atoms with E-state index < -0.39 is 0 Å². The van der Waals surface area contributed by atoms with E-state index in [0.717, 1.165) is 19.8 Å². The average molecular weight is 340 g/mol. The first-order valence-corrected chi connectivity index (χ1v) is 7.57. The van der Waals surface area contributed by atoms with Gasteiger partial charge in [-0.25, -0.2) is 4.39 Å². The van der Waals surface area contributed by atoms with Crippen molar-refractivity contribution in [3.8, 4) is 0 Å². The van der Waals surface area contributed by atoms with E-state index in [1.807, 2.05) is 37.3 Å². The molecule has 19 heavy (non-hydrogen) atoms. The molecule has 0 fully saturated rings. The smallest absolute Gasteiger partial charge is 0.126 e. The molecule has 2 aromatic carbocycles. The Bertz CT molecular complexity index is 599. The minimum absolute atomic E-state index is 0.190. The van der Waals surface area contributed by atoms with Crippen molar-refractivity contribution in [2.24, 2.45) is 5.73 Å². The summed E-state index contributed by atoms with van der Waals surface area (Å²) >= 11 is 5.05. The quantitative estimate of drug-likeness (QED) is 0.844. The summed E-state index contributed by atoms with van der Waals surface area (Å²) in [5.41, 5.74) is 7.41. The maximum atomic E-state index is 13.7. The van der Waals surface area contributed by atoms with Gasteiger partial charge in [0.1, 0.15) is 5.82 Å². The van der Waals surface area contributed by atoms with Gasteiger partial charge in [0.05, 0.1) is 0 Å². The van der Waals surface area contributed by atoms with E-state index in [0.29, 0.717) is 5.56 Å². The van der Waals surface area contributed by atoms with Crippen LogP contribution in [0.2, 0.25) is 0 Å². The molecule has 2 rings (SSSR count). The maximum absolute atomic E-state index is 13.7. The van der Waals surface area contributed by atoms with E-state index in [-0.39, 0.29) is 11.9 Å². The van der Waals surface area contributed by atoms with Crippen molar-refractivity contribution in [2.45, 2.75) is 29.7 Å². The SMILES string of the molecule is Cc1cc(Sc2cccc(Br)c2)c(C(C)N)cc1F. The first-order chi connectivity index (χ1) is 8.97. The highest BCUT2D eigenvalue weighted by Gasteiger charge is 2.12. The van der Waals surface area contributed by atoms with Gasteiger partial charge in [0.25, 0.3) is 0 Å². The molecule has 1 nitrogen and oxygen atoms in total. The van der Waals surface area contributed by atoms with Crippen molar-refractivity contribution in [3.05, 3.63) is 57.8 Å². The van der Waals surface area contributed by atoms with Crippen LogP contribution >= 0.6 is 27.7 Å². The summed E-state index contributed by atoms with van der Waals surface area (Å²) in [7, 11) is 0. The zero-order chi connectivity index (χ0) is 14.0. The fourth-order valence-electron chi connectivity index (χ4n) is 1.77. The summed E-state index contributed by atoms with van der Waals surface area (Å²) in [6.45, 7) is 3.64. The van der Waals surface area contributed by atoms with Crippen molar-refractivity contribution in [2.75, 3.05) is 0 Å². The summed E-state index contributed by atoms with van der Waals surface area (Å²) in [6, 6.07) is 11.2. The van der Waals surface area contributed by atoms with Crippen LogP contribution in [0.1, 0.15) is 24.1 Å². The number of rotatable bonds is 3. The molecule has 0 bridgehead atoms. The van der Waals surface area contributed by atoms with Crippen molar-refractivity contribution in [1.29, 1.82) is 0 Å². The summed E-state index contributed by atoms with van der Waals surface area (Å²) in [5.74, 6) is -0.203. The van der Waals surface area contributed by atoms with Crippen LogP contribution in [0.25, 0.3) is 0 Å². The van der Waals surface area contributed by atoms with Gasteiger partial charge in [-0.2, -0.15) is 0 Å². The van der Waals surface area contributed by atoms with Gasteiger partial charge in [0.15, 0.2) is 0 Å². The third kappa shape index (κ3) is 3.59. The van der Waals surface area contributed by atoms with Crippen LogP contribution < -0.4 is 5.73 Å². The van der Waals surface area contributed by atoms with E-state index >= 15 is 0 Å². The van der Waals surface area contributed by atoms with Gasteiger partial charge in [-0.05, 0) is 55.3 Å². The minimum Gasteiger partial charge on any atom is -0.324 e. The average Bonchev–Trinajstić information content (AvgIpc) is 2.33. The Morgan fingerprint density at radius 3 is 2.63 bits per heavy atom. The molecule has 0 saturated carbocycles. The second-order valence-corrected chi connectivity index (χ2v) is 6.52. The van der Waals surface area contributed by atoms with E-state index in [2.05, 4.69) is 15.9 Å². The van der Waals surface area contributed by atoms with Crippen molar-refractivity contribution in [3.63, 3.8) is 0 Å². The van der Waals surface area contributed by atoms with Crippen LogP contribution in [-0.4, -0.2) is 0 Å². The number of aryl methyl sites for hydroxylation is 1. The van der Waals surface area contributed by atoms with Gasteiger partial charge in [0.2, 0.25) is 0 Å². The van der Waals surface area contributed by atoms with E-state index in [9.17, 15) is 4.39 Å². The molecule has 0 aliphatic heterocycles. The number of nitrogens with two attached hydrogens (primary N) is 1. The molecule has 0 saturated heterocycles. The molecule has 0 aromatic heterocycles. The van der Waals surface area contributed by atoms with Crippen LogP contribution in [0.3, 0.4) is 0 Å². The Morgan fingerprint density at radius 1 is 1.26 bits per heavy atom. The maximum Gasteiger partial charge on any atom is 0.126 e. The fraction of sp³-hybridized carbons (Fsp3) is 0.200. The molecule has 1 atom stereocenters. The van der Waals surface area contributed by atoms with Crippen LogP contribution in [0.4, 0.5) is 4.39 Å². The molecule has 0 aliphatic rings. The summed E-state index contributed by atoms with van der Waals surface area (Å²) in [6.07, 6.45) is 0. The molecule has 0 aliphatic carbocycles. The molecule has 1 unspecified atom stereocenters. The lowest BCUT2D eigenvalue weighted by atomic mass is 10.1. The standard InChI is InChI=1S/C15H15BrFNS/c1-9-6-15(13(10(2)18)8-14(9)17)19-12-5-3-4-11(16)7-12/h3-8,10H,18H2,1-2H3. The lowest BCUT2D eigenvalue weighted by molar-refractivity contribution is 0.610. The summed E-state index contributed by atoms with van der Waals surface area (Å²) in [5, 5.41) is 0. The molecule has 100 valence electrons. The van der Waals surface area contributed by atoms with Gasteiger partial charge in [-0.3, -0.25) is 0 Å². The van der Waals surface area contributed by atoms with Crippen molar-refractivity contribution >= 4 is 27.7 Å². The van der Waals surface area contributed by atoms with Gasteiger partial charge in [-0.15, -0.1) is 0 Å². The first-order valence-electron chi connectivity index (χ1n) is 5.96. The number of hydrogen-bond acceptors (Lipinski definition) is 2. The van der Waals surface area contributed by atoms with E-state index in [1.54, 1.807) is 24.8 Å². The summed E-state index contributed by atoms with van der Waals surface area (Å²) < 4.78 is 14.7. The van der Waals surface area contributed by atoms with Gasteiger partial charge in [-0.1, -0.05) is 33.8 Å². The Morgan fingerprint density at radius 2 is 2.00 bits per heavy atom. The summed E-state index contributed by atoms with van der Waals surface area (Å²) in [4.78, 5) is 2.11. The Labute approximate surface area is 125 Å². The minimum atomic E-state index is -0.203. The molecule has 0 heterocycles. The highest BCUT2D eigenvalue weighted by Crippen LogP contribution is 2.35. The van der Waals surface area contributed by atoms with Crippen molar-refractivity contribution in [1.82, 2.24) is 0 Å². The highest BCUT2D eigenvalue weighted by molar-refractivity contribution is 9.10. The van der Waals surface area contributed by atoms with Crippen LogP contribution in [-0.2, 0) is 0 Å². The highest BCUT2D eigenvalue weighted by atomic mass is 79.9. The normalized spacial score (nSPS) is 12.5. The molecule has 4 heteroatoms. The Balaban J connectivity index is 2.41. The molecule has 0 amide bonds. The van der Waals surface area contributed by atoms with Crippen LogP contribution in [0.15, 0.2) is 50.7 Å². The van der Waals surface area contributed by atoms with Gasteiger partial charge >= 0.3 is 0 Å². The van der Waals surface area contributed by atoms with E-state index in [1.165, 1.54) is 0 Å². The number of hydrogen-bond donors (Lipinski definition) is 1. The number of halogens is 2. The van der Waals surface area contributed by atoms with Crippen LogP contribution in [0.5, 0.6) is 0 Å². The van der Waals surface area contributed by atoms with Crippen molar-refractivity contribution < 1.29 is 4.39 Å². The third-order valence-corrected chi connectivity index (χ3v) is 4.36. The second-order valence-electron chi connectivity index (χ2n) is 4.49. The molecule has 0 spiro atoms. The largest absolute Gasteiger partial charge is 0.324 e. The Kier molecular flexibility index (Phi) is 4.66. The lowest BCUT2D eigenvalue weighted by Crippen LogP contribution is -2.07. The monoisotopic (exact) mass is 339 g/mol.